The van der Waals surface area contributed by atoms with E-state index >= 15 is 0 Å². The van der Waals surface area contributed by atoms with Crippen LogP contribution in [0.5, 0.6) is 0 Å². The summed E-state index contributed by atoms with van der Waals surface area (Å²) in [7, 11) is 4.15. The fourth-order valence-corrected chi connectivity index (χ4v) is 2.25. The number of hydrogen-bond acceptors (Lipinski definition) is 3. The topological polar surface area (TPSA) is 33.1 Å². The molecule has 0 bridgehead atoms. The van der Waals surface area contributed by atoms with Crippen molar-refractivity contribution in [3.63, 3.8) is 0 Å². The van der Waals surface area contributed by atoms with Gasteiger partial charge in [0.1, 0.15) is 0 Å². The molecule has 2 heterocycles. The molecule has 90 valence electrons. The lowest BCUT2D eigenvalue weighted by Gasteiger charge is -2.18. The number of aromatic nitrogens is 2. The van der Waals surface area contributed by atoms with Crippen LogP contribution in [0.4, 0.5) is 5.95 Å². The zero-order chi connectivity index (χ0) is 11.5. The SMILES string of the molecule is CCCCn1c(N(C)C)nc2c1CCNC2. The normalized spacial score (nSPS) is 14.9. The summed E-state index contributed by atoms with van der Waals surface area (Å²) in [5, 5.41) is 3.38. The molecule has 0 atom stereocenters. The van der Waals surface area contributed by atoms with E-state index in [4.69, 9.17) is 4.98 Å². The quantitative estimate of drug-likeness (QED) is 0.836. The third-order valence-electron chi connectivity index (χ3n) is 3.10. The molecule has 1 aliphatic heterocycles. The fourth-order valence-electron chi connectivity index (χ4n) is 2.25. The van der Waals surface area contributed by atoms with Gasteiger partial charge in [0.2, 0.25) is 5.95 Å². The number of fused-ring (bicyclic) bond motifs is 1. The summed E-state index contributed by atoms with van der Waals surface area (Å²) in [5.74, 6) is 1.11. The summed E-state index contributed by atoms with van der Waals surface area (Å²) in [6.07, 6.45) is 3.58. The second-order valence-electron chi connectivity index (χ2n) is 4.63. The first-order chi connectivity index (χ1) is 7.74. The highest BCUT2D eigenvalue weighted by Gasteiger charge is 2.19. The van der Waals surface area contributed by atoms with Crippen LogP contribution >= 0.6 is 0 Å². The van der Waals surface area contributed by atoms with Crippen molar-refractivity contribution in [2.24, 2.45) is 0 Å². The van der Waals surface area contributed by atoms with Gasteiger partial charge in [-0.2, -0.15) is 0 Å². The van der Waals surface area contributed by atoms with Crippen molar-refractivity contribution >= 4 is 5.95 Å². The standard InChI is InChI=1S/C12H22N4/c1-4-5-8-16-11-6-7-13-9-10(11)14-12(16)15(2)3/h13H,4-9H2,1-3H3. The van der Waals surface area contributed by atoms with E-state index in [0.717, 1.165) is 32.0 Å². The Labute approximate surface area is 97.7 Å². The van der Waals surface area contributed by atoms with Gasteiger partial charge in [0.25, 0.3) is 0 Å². The van der Waals surface area contributed by atoms with Gasteiger partial charge >= 0.3 is 0 Å². The second kappa shape index (κ2) is 4.87. The van der Waals surface area contributed by atoms with E-state index in [1.165, 1.54) is 24.2 Å². The van der Waals surface area contributed by atoms with Crippen molar-refractivity contribution in [1.82, 2.24) is 14.9 Å². The first kappa shape index (κ1) is 11.5. The smallest absolute Gasteiger partial charge is 0.205 e. The lowest BCUT2D eigenvalue weighted by Crippen LogP contribution is -2.25. The molecule has 0 aliphatic carbocycles. The molecule has 0 amide bonds. The van der Waals surface area contributed by atoms with Gasteiger partial charge in [-0.25, -0.2) is 4.98 Å². The van der Waals surface area contributed by atoms with Crippen LogP contribution in [0.25, 0.3) is 0 Å². The molecule has 4 heteroatoms. The van der Waals surface area contributed by atoms with E-state index in [0.29, 0.717) is 0 Å². The number of anilines is 1. The zero-order valence-corrected chi connectivity index (χ0v) is 10.6. The highest BCUT2D eigenvalue weighted by atomic mass is 15.3. The summed E-state index contributed by atoms with van der Waals surface area (Å²) >= 11 is 0. The number of unbranched alkanes of at least 4 members (excludes halogenated alkanes) is 1. The summed E-state index contributed by atoms with van der Waals surface area (Å²) < 4.78 is 2.40. The Balaban J connectivity index is 2.32. The Hall–Kier alpha value is -1.03. The molecule has 16 heavy (non-hydrogen) atoms. The van der Waals surface area contributed by atoms with Crippen LogP contribution in [0.15, 0.2) is 0 Å². The van der Waals surface area contributed by atoms with Crippen molar-refractivity contribution < 1.29 is 0 Å². The fraction of sp³-hybridized carbons (Fsp3) is 0.750. The molecule has 2 rings (SSSR count). The first-order valence-electron chi connectivity index (χ1n) is 6.20. The minimum atomic E-state index is 0.926. The van der Waals surface area contributed by atoms with Gasteiger partial charge in [0.15, 0.2) is 0 Å². The van der Waals surface area contributed by atoms with E-state index < -0.39 is 0 Å². The van der Waals surface area contributed by atoms with Crippen molar-refractivity contribution in [2.75, 3.05) is 25.5 Å². The number of nitrogens with one attached hydrogen (secondary N) is 1. The van der Waals surface area contributed by atoms with Crippen LogP contribution in [0, 0.1) is 0 Å². The van der Waals surface area contributed by atoms with E-state index in [1.807, 2.05) is 0 Å². The average molecular weight is 222 g/mol. The van der Waals surface area contributed by atoms with Crippen LogP contribution in [0.1, 0.15) is 31.2 Å². The third kappa shape index (κ3) is 2.07. The number of rotatable bonds is 4. The third-order valence-corrected chi connectivity index (χ3v) is 3.10. The lowest BCUT2D eigenvalue weighted by molar-refractivity contribution is 0.566. The van der Waals surface area contributed by atoms with Crippen molar-refractivity contribution in [2.45, 2.75) is 39.3 Å². The van der Waals surface area contributed by atoms with Gasteiger partial charge in [-0.1, -0.05) is 13.3 Å². The molecule has 4 nitrogen and oxygen atoms in total. The van der Waals surface area contributed by atoms with Crippen molar-refractivity contribution in [3.8, 4) is 0 Å². The average Bonchev–Trinajstić information content (AvgIpc) is 2.65. The number of hydrogen-bond donors (Lipinski definition) is 1. The Bertz CT molecular complexity index is 354. The van der Waals surface area contributed by atoms with Crippen LogP contribution in [-0.4, -0.2) is 30.2 Å². The molecule has 0 unspecified atom stereocenters. The highest BCUT2D eigenvalue weighted by Crippen LogP contribution is 2.21. The molecule has 0 aromatic carbocycles. The molecule has 1 aromatic heterocycles. The van der Waals surface area contributed by atoms with Crippen LogP contribution in [0.3, 0.4) is 0 Å². The van der Waals surface area contributed by atoms with E-state index in [1.54, 1.807) is 0 Å². The molecule has 0 spiro atoms. The Morgan fingerprint density at radius 1 is 1.44 bits per heavy atom. The largest absolute Gasteiger partial charge is 0.348 e. The van der Waals surface area contributed by atoms with Crippen LogP contribution in [0.2, 0.25) is 0 Å². The zero-order valence-electron chi connectivity index (χ0n) is 10.6. The summed E-state index contributed by atoms with van der Waals surface area (Å²) in [6.45, 7) is 5.35. The summed E-state index contributed by atoms with van der Waals surface area (Å²) in [6, 6.07) is 0. The van der Waals surface area contributed by atoms with Crippen LogP contribution in [-0.2, 0) is 19.5 Å². The Morgan fingerprint density at radius 2 is 2.25 bits per heavy atom. The van der Waals surface area contributed by atoms with Crippen molar-refractivity contribution in [1.29, 1.82) is 0 Å². The highest BCUT2D eigenvalue weighted by molar-refractivity contribution is 5.36. The van der Waals surface area contributed by atoms with Gasteiger partial charge in [-0.05, 0) is 6.42 Å². The monoisotopic (exact) mass is 222 g/mol. The predicted molar refractivity (Wildman–Crippen MR) is 66.9 cm³/mol. The molecular weight excluding hydrogens is 200 g/mol. The van der Waals surface area contributed by atoms with Gasteiger partial charge < -0.3 is 14.8 Å². The minimum absolute atomic E-state index is 0.926. The second-order valence-corrected chi connectivity index (χ2v) is 4.63. The Kier molecular flexibility index (Phi) is 3.49. The minimum Gasteiger partial charge on any atom is -0.348 e. The van der Waals surface area contributed by atoms with Crippen LogP contribution < -0.4 is 10.2 Å². The van der Waals surface area contributed by atoms with E-state index in [-0.39, 0.29) is 0 Å². The maximum atomic E-state index is 4.73. The first-order valence-corrected chi connectivity index (χ1v) is 6.20. The molecule has 1 aliphatic rings. The maximum Gasteiger partial charge on any atom is 0.205 e. The summed E-state index contributed by atoms with van der Waals surface area (Å²) in [4.78, 5) is 6.85. The molecule has 1 N–H and O–H groups in total. The number of imidazole rings is 1. The maximum absolute atomic E-state index is 4.73. The molecule has 0 saturated heterocycles. The van der Waals surface area contributed by atoms with Crippen molar-refractivity contribution in [3.05, 3.63) is 11.4 Å². The molecular formula is C12H22N4. The lowest BCUT2D eigenvalue weighted by atomic mass is 10.2. The van der Waals surface area contributed by atoms with Gasteiger partial charge in [0, 0.05) is 45.8 Å². The van der Waals surface area contributed by atoms with E-state index in [9.17, 15) is 0 Å². The number of nitrogens with zero attached hydrogens (tertiary/aromatic N) is 3. The van der Waals surface area contributed by atoms with Gasteiger partial charge in [-0.3, -0.25) is 0 Å². The van der Waals surface area contributed by atoms with E-state index in [2.05, 4.69) is 35.8 Å². The Morgan fingerprint density at radius 3 is 2.94 bits per heavy atom. The molecule has 0 radical (unpaired) electrons. The molecule has 0 saturated carbocycles. The van der Waals surface area contributed by atoms with Gasteiger partial charge in [-0.15, -0.1) is 0 Å². The predicted octanol–water partition coefficient (Wildman–Crippen LogP) is 1.39. The van der Waals surface area contributed by atoms with Gasteiger partial charge in [0.05, 0.1) is 5.69 Å². The molecule has 0 fully saturated rings. The molecule has 1 aromatic rings. The summed E-state index contributed by atoms with van der Waals surface area (Å²) in [5.41, 5.74) is 2.68.